The Morgan fingerprint density at radius 2 is 1.62 bits per heavy atom. The molecule has 2 rings (SSSR count). The first kappa shape index (κ1) is 24.8. The van der Waals surface area contributed by atoms with E-state index in [1.54, 1.807) is 0 Å². The number of ketones is 1. The lowest BCUT2D eigenvalue weighted by Gasteiger charge is -2.11. The van der Waals surface area contributed by atoms with E-state index in [9.17, 15) is 35.6 Å². The molecular formula is C19H15F4NO7S. The molecule has 0 aliphatic heterocycles. The van der Waals surface area contributed by atoms with Gasteiger partial charge in [-0.05, 0) is 48.6 Å². The van der Waals surface area contributed by atoms with Crippen molar-refractivity contribution in [3.05, 3.63) is 59.7 Å². The molecule has 8 nitrogen and oxygen atoms in total. The third kappa shape index (κ3) is 7.35. The van der Waals surface area contributed by atoms with Crippen LogP contribution in [0.3, 0.4) is 0 Å². The number of aliphatic carboxylic acids is 1. The quantitative estimate of drug-likeness (QED) is 0.290. The van der Waals surface area contributed by atoms with Gasteiger partial charge >= 0.3 is 19.2 Å². The highest BCUT2D eigenvalue weighted by molar-refractivity contribution is 7.89. The van der Waals surface area contributed by atoms with Crippen LogP contribution in [0.4, 0.5) is 17.6 Å². The number of nitrogens with one attached hydrogen (secondary N) is 1. The summed E-state index contributed by atoms with van der Waals surface area (Å²) >= 11 is 0. The molecule has 0 spiro atoms. The van der Waals surface area contributed by atoms with E-state index < -0.39 is 53.0 Å². The molecule has 0 unspecified atom stereocenters. The lowest BCUT2D eigenvalue weighted by molar-refractivity contribution is -0.135. The molecule has 0 aromatic heterocycles. The van der Waals surface area contributed by atoms with Gasteiger partial charge in [0.1, 0.15) is 18.0 Å². The monoisotopic (exact) mass is 477 g/mol. The van der Waals surface area contributed by atoms with Crippen molar-refractivity contribution in [1.29, 1.82) is 0 Å². The van der Waals surface area contributed by atoms with E-state index in [1.165, 1.54) is 0 Å². The van der Waals surface area contributed by atoms with Crippen LogP contribution in [0.5, 0.6) is 11.5 Å². The Morgan fingerprint density at radius 3 is 2.19 bits per heavy atom. The summed E-state index contributed by atoms with van der Waals surface area (Å²) in [5.41, 5.74) is 0.00440. The number of sulfonamides is 1. The first-order valence-corrected chi connectivity index (χ1v) is 10.0. The molecule has 0 bridgehead atoms. The van der Waals surface area contributed by atoms with Gasteiger partial charge in [-0.1, -0.05) is 0 Å². The standard InChI is InChI=1S/C19H15F4NO7S/c20-18(21)30-13-5-1-12(16(9-13)31-19(22)23)4-8-15(25)11-2-6-14(7-3-11)32(28,29)24-10-17(26)27/h1-9,18-19,24H,10H2,(H,26,27)/b8-4+. The number of ether oxygens (including phenoxy) is 2. The summed E-state index contributed by atoms with van der Waals surface area (Å²) in [5.74, 6) is -2.95. The topological polar surface area (TPSA) is 119 Å². The fourth-order valence-electron chi connectivity index (χ4n) is 2.33. The Labute approximate surface area is 179 Å². The third-order valence-electron chi connectivity index (χ3n) is 3.70. The maximum absolute atomic E-state index is 12.6. The van der Waals surface area contributed by atoms with Crippen LogP contribution in [0.15, 0.2) is 53.4 Å². The largest absolute Gasteiger partial charge is 0.480 e. The van der Waals surface area contributed by atoms with Gasteiger partial charge in [0.15, 0.2) is 5.78 Å². The molecule has 32 heavy (non-hydrogen) atoms. The summed E-state index contributed by atoms with van der Waals surface area (Å²) in [6.45, 7) is -7.26. The van der Waals surface area contributed by atoms with Gasteiger partial charge in [0.2, 0.25) is 10.0 Å². The van der Waals surface area contributed by atoms with E-state index in [4.69, 9.17) is 5.11 Å². The minimum atomic E-state index is -4.10. The highest BCUT2D eigenvalue weighted by Crippen LogP contribution is 2.28. The molecule has 0 heterocycles. The highest BCUT2D eigenvalue weighted by Gasteiger charge is 2.16. The SMILES string of the molecule is O=C(O)CNS(=O)(=O)c1ccc(C(=O)/C=C/c2ccc(OC(F)F)cc2OC(F)F)cc1. The van der Waals surface area contributed by atoms with Crippen molar-refractivity contribution < 1.29 is 50.1 Å². The van der Waals surface area contributed by atoms with Crippen LogP contribution in [0.25, 0.3) is 6.08 Å². The number of carbonyl (C=O) groups excluding carboxylic acids is 1. The fourth-order valence-corrected chi connectivity index (χ4v) is 3.30. The van der Waals surface area contributed by atoms with Crippen molar-refractivity contribution in [3.63, 3.8) is 0 Å². The van der Waals surface area contributed by atoms with E-state index in [0.29, 0.717) is 0 Å². The molecule has 0 amide bonds. The zero-order chi connectivity index (χ0) is 23.9. The van der Waals surface area contributed by atoms with Crippen LogP contribution in [-0.2, 0) is 14.8 Å². The minimum absolute atomic E-state index is 0.0302. The molecule has 2 aromatic rings. The molecule has 0 fully saturated rings. The zero-order valence-corrected chi connectivity index (χ0v) is 16.7. The molecule has 13 heteroatoms. The summed E-state index contributed by atoms with van der Waals surface area (Å²) < 4.78 is 83.9. The van der Waals surface area contributed by atoms with E-state index >= 15 is 0 Å². The van der Waals surface area contributed by atoms with Gasteiger partial charge in [0.25, 0.3) is 0 Å². The maximum Gasteiger partial charge on any atom is 0.387 e. The second kappa shape index (κ2) is 10.7. The molecule has 0 atom stereocenters. The first-order valence-electron chi connectivity index (χ1n) is 8.55. The minimum Gasteiger partial charge on any atom is -0.480 e. The van der Waals surface area contributed by atoms with Gasteiger partial charge in [-0.3, -0.25) is 9.59 Å². The van der Waals surface area contributed by atoms with Crippen LogP contribution in [0.2, 0.25) is 0 Å². The number of allylic oxidation sites excluding steroid dienone is 1. The smallest absolute Gasteiger partial charge is 0.387 e. The second-order valence-corrected chi connectivity index (χ2v) is 7.66. The Morgan fingerprint density at radius 1 is 1.00 bits per heavy atom. The van der Waals surface area contributed by atoms with Crippen LogP contribution in [0, 0.1) is 0 Å². The molecule has 0 aliphatic carbocycles. The molecule has 172 valence electrons. The Kier molecular flexibility index (Phi) is 8.32. The van der Waals surface area contributed by atoms with Gasteiger partial charge in [0, 0.05) is 17.2 Å². The van der Waals surface area contributed by atoms with Gasteiger partial charge in [-0.25, -0.2) is 8.42 Å². The number of carbonyl (C=O) groups is 2. The maximum atomic E-state index is 12.6. The van der Waals surface area contributed by atoms with E-state index in [-0.39, 0.29) is 16.0 Å². The van der Waals surface area contributed by atoms with E-state index in [1.807, 2.05) is 4.72 Å². The Hall–Kier alpha value is -3.45. The third-order valence-corrected chi connectivity index (χ3v) is 5.12. The second-order valence-electron chi connectivity index (χ2n) is 5.90. The number of hydrogen-bond acceptors (Lipinski definition) is 6. The van der Waals surface area contributed by atoms with Crippen molar-refractivity contribution in [2.24, 2.45) is 0 Å². The van der Waals surface area contributed by atoms with Crippen LogP contribution < -0.4 is 14.2 Å². The summed E-state index contributed by atoms with van der Waals surface area (Å²) in [5, 5.41) is 8.54. The Bertz CT molecular complexity index is 1100. The first-order chi connectivity index (χ1) is 15.0. The lowest BCUT2D eigenvalue weighted by Crippen LogP contribution is -2.29. The van der Waals surface area contributed by atoms with Crippen LogP contribution in [-0.4, -0.2) is 45.0 Å². The summed E-state index contributed by atoms with van der Waals surface area (Å²) in [6, 6.07) is 7.49. The normalized spacial score (nSPS) is 11.8. The van der Waals surface area contributed by atoms with Gasteiger partial charge < -0.3 is 14.6 Å². The van der Waals surface area contributed by atoms with Gasteiger partial charge in [-0.2, -0.15) is 22.3 Å². The van der Waals surface area contributed by atoms with E-state index in [0.717, 1.165) is 54.6 Å². The summed E-state index contributed by atoms with van der Waals surface area (Å²) in [7, 11) is -4.10. The average molecular weight is 477 g/mol. The van der Waals surface area contributed by atoms with Crippen molar-refractivity contribution in [2.75, 3.05) is 6.54 Å². The molecule has 2 N–H and O–H groups in total. The molecule has 2 aromatic carbocycles. The number of rotatable bonds is 11. The number of hydrogen-bond donors (Lipinski definition) is 2. The highest BCUT2D eigenvalue weighted by atomic mass is 32.2. The predicted octanol–water partition coefficient (Wildman–Crippen LogP) is 3.15. The van der Waals surface area contributed by atoms with Crippen molar-refractivity contribution >= 4 is 27.9 Å². The summed E-state index contributed by atoms with van der Waals surface area (Å²) in [4.78, 5) is 22.5. The summed E-state index contributed by atoms with van der Waals surface area (Å²) in [6.07, 6.45) is 2.08. The lowest BCUT2D eigenvalue weighted by atomic mass is 10.1. The number of benzene rings is 2. The van der Waals surface area contributed by atoms with Gasteiger partial charge in [-0.15, -0.1) is 0 Å². The molecule has 0 saturated heterocycles. The molecule has 0 radical (unpaired) electrons. The van der Waals surface area contributed by atoms with Crippen molar-refractivity contribution in [3.8, 4) is 11.5 Å². The Balaban J connectivity index is 2.19. The van der Waals surface area contributed by atoms with Crippen molar-refractivity contribution in [1.82, 2.24) is 4.72 Å². The van der Waals surface area contributed by atoms with Crippen LogP contribution >= 0.6 is 0 Å². The zero-order valence-electron chi connectivity index (χ0n) is 15.9. The van der Waals surface area contributed by atoms with Crippen LogP contribution in [0.1, 0.15) is 15.9 Å². The fraction of sp³-hybridized carbons (Fsp3) is 0.158. The number of alkyl halides is 4. The van der Waals surface area contributed by atoms with Crippen molar-refractivity contribution in [2.45, 2.75) is 18.1 Å². The number of carboxylic acids is 1. The average Bonchev–Trinajstić information content (AvgIpc) is 2.71. The van der Waals surface area contributed by atoms with Gasteiger partial charge in [0.05, 0.1) is 4.90 Å². The molecule has 0 aliphatic rings. The van der Waals surface area contributed by atoms with E-state index in [2.05, 4.69) is 9.47 Å². The predicted molar refractivity (Wildman–Crippen MR) is 102 cm³/mol. The molecular weight excluding hydrogens is 462 g/mol. The number of halogens is 4. The number of carboxylic acid groups (broad SMARTS) is 1. The molecule has 0 saturated carbocycles.